The van der Waals surface area contributed by atoms with Gasteiger partial charge in [-0.15, -0.1) is 0 Å². The normalized spacial score (nSPS) is 10.6. The highest BCUT2D eigenvalue weighted by Crippen LogP contribution is 2.26. The van der Waals surface area contributed by atoms with E-state index in [1.54, 1.807) is 26.2 Å². The second-order valence-electron chi connectivity index (χ2n) is 3.50. The van der Waals surface area contributed by atoms with Gasteiger partial charge >= 0.3 is 0 Å². The van der Waals surface area contributed by atoms with E-state index in [1.807, 2.05) is 13.8 Å². The van der Waals surface area contributed by atoms with Crippen LogP contribution < -0.4 is 4.74 Å². The fraction of sp³-hybridized carbons (Fsp3) is 0.455. The van der Waals surface area contributed by atoms with Gasteiger partial charge in [-0.1, -0.05) is 13.8 Å². The molecule has 0 unspecified atom stereocenters. The first-order valence-electron chi connectivity index (χ1n) is 4.40. The monoisotopic (exact) mass is 182 g/mol. The number of rotatable bonds is 2. The molecule has 72 valence electrons. The minimum absolute atomic E-state index is 0.115. The number of benzene rings is 1. The molecule has 0 heterocycles. The molecule has 0 spiro atoms. The van der Waals surface area contributed by atoms with E-state index in [-0.39, 0.29) is 11.7 Å². The summed E-state index contributed by atoms with van der Waals surface area (Å²) in [5.41, 5.74) is 1.36. The minimum atomic E-state index is -0.115. The smallest absolute Gasteiger partial charge is 0.129 e. The van der Waals surface area contributed by atoms with Gasteiger partial charge in [0.15, 0.2) is 0 Å². The largest absolute Gasteiger partial charge is 0.497 e. The maximum absolute atomic E-state index is 13.5. The van der Waals surface area contributed by atoms with Crippen LogP contribution in [-0.2, 0) is 0 Å². The SMILES string of the molecule is COc1cc(C)c(F)c(C(C)C)c1. The predicted molar refractivity (Wildman–Crippen MR) is 51.8 cm³/mol. The van der Waals surface area contributed by atoms with Gasteiger partial charge in [0, 0.05) is 0 Å². The molecular weight excluding hydrogens is 167 g/mol. The zero-order chi connectivity index (χ0) is 10.0. The van der Waals surface area contributed by atoms with Crippen LogP contribution in [0.3, 0.4) is 0 Å². The molecule has 0 amide bonds. The maximum atomic E-state index is 13.5. The molecule has 0 aliphatic carbocycles. The zero-order valence-electron chi connectivity index (χ0n) is 8.52. The highest BCUT2D eigenvalue weighted by atomic mass is 19.1. The molecule has 0 radical (unpaired) electrons. The Labute approximate surface area is 78.5 Å². The summed E-state index contributed by atoms with van der Waals surface area (Å²) in [5, 5.41) is 0. The molecule has 1 aromatic rings. The maximum Gasteiger partial charge on any atom is 0.129 e. The van der Waals surface area contributed by atoms with Crippen LogP contribution >= 0.6 is 0 Å². The van der Waals surface area contributed by atoms with Crippen molar-refractivity contribution in [3.05, 3.63) is 29.1 Å². The van der Waals surface area contributed by atoms with Gasteiger partial charge in [0.1, 0.15) is 11.6 Å². The Hall–Kier alpha value is -1.05. The van der Waals surface area contributed by atoms with Gasteiger partial charge in [0.05, 0.1) is 7.11 Å². The van der Waals surface area contributed by atoms with Crippen LogP contribution in [0.5, 0.6) is 5.75 Å². The summed E-state index contributed by atoms with van der Waals surface area (Å²) in [6.07, 6.45) is 0. The molecule has 2 heteroatoms. The quantitative estimate of drug-likeness (QED) is 0.682. The molecule has 0 fully saturated rings. The molecule has 0 N–H and O–H groups in total. The first-order valence-corrected chi connectivity index (χ1v) is 4.40. The third-order valence-corrected chi connectivity index (χ3v) is 2.11. The highest BCUT2D eigenvalue weighted by Gasteiger charge is 2.10. The van der Waals surface area contributed by atoms with Crippen LogP contribution in [0.4, 0.5) is 4.39 Å². The van der Waals surface area contributed by atoms with Gasteiger partial charge in [-0.3, -0.25) is 0 Å². The van der Waals surface area contributed by atoms with Crippen molar-refractivity contribution in [3.8, 4) is 5.75 Å². The molecule has 1 rings (SSSR count). The topological polar surface area (TPSA) is 9.23 Å². The van der Waals surface area contributed by atoms with Gasteiger partial charge in [0.2, 0.25) is 0 Å². The van der Waals surface area contributed by atoms with Gasteiger partial charge < -0.3 is 4.74 Å². The molecular formula is C11H15FO. The molecule has 13 heavy (non-hydrogen) atoms. The van der Waals surface area contributed by atoms with Crippen molar-refractivity contribution in [2.45, 2.75) is 26.7 Å². The highest BCUT2D eigenvalue weighted by molar-refractivity contribution is 5.36. The molecule has 1 aromatic carbocycles. The second-order valence-corrected chi connectivity index (χ2v) is 3.50. The number of halogens is 1. The summed E-state index contributed by atoms with van der Waals surface area (Å²) >= 11 is 0. The number of hydrogen-bond donors (Lipinski definition) is 0. The molecule has 0 bridgehead atoms. The van der Waals surface area contributed by atoms with Crippen molar-refractivity contribution in [1.82, 2.24) is 0 Å². The van der Waals surface area contributed by atoms with Crippen molar-refractivity contribution in [2.75, 3.05) is 7.11 Å². The lowest BCUT2D eigenvalue weighted by Gasteiger charge is -2.11. The van der Waals surface area contributed by atoms with Crippen molar-refractivity contribution in [1.29, 1.82) is 0 Å². The van der Waals surface area contributed by atoms with E-state index in [9.17, 15) is 4.39 Å². The summed E-state index contributed by atoms with van der Waals surface area (Å²) in [4.78, 5) is 0. The van der Waals surface area contributed by atoms with Gasteiger partial charge in [-0.2, -0.15) is 0 Å². The molecule has 0 aliphatic rings. The Bertz CT molecular complexity index is 305. The van der Waals surface area contributed by atoms with Crippen LogP contribution in [0, 0.1) is 12.7 Å². The van der Waals surface area contributed by atoms with Crippen LogP contribution in [0.25, 0.3) is 0 Å². The Morgan fingerprint density at radius 1 is 1.31 bits per heavy atom. The summed E-state index contributed by atoms with van der Waals surface area (Å²) in [5.74, 6) is 0.798. The summed E-state index contributed by atoms with van der Waals surface area (Å²) in [7, 11) is 1.59. The lowest BCUT2D eigenvalue weighted by Crippen LogP contribution is -1.97. The number of ether oxygens (including phenoxy) is 1. The number of hydrogen-bond acceptors (Lipinski definition) is 1. The van der Waals surface area contributed by atoms with E-state index >= 15 is 0 Å². The Morgan fingerprint density at radius 2 is 1.92 bits per heavy atom. The van der Waals surface area contributed by atoms with E-state index in [0.29, 0.717) is 5.56 Å². The fourth-order valence-corrected chi connectivity index (χ4v) is 1.30. The molecule has 1 nitrogen and oxygen atoms in total. The predicted octanol–water partition coefficient (Wildman–Crippen LogP) is 3.27. The Balaban J connectivity index is 3.25. The van der Waals surface area contributed by atoms with Crippen molar-refractivity contribution in [2.24, 2.45) is 0 Å². The average molecular weight is 182 g/mol. The van der Waals surface area contributed by atoms with E-state index in [0.717, 1.165) is 11.3 Å². The van der Waals surface area contributed by atoms with Crippen LogP contribution in [0.1, 0.15) is 30.9 Å². The number of aryl methyl sites for hydroxylation is 1. The van der Waals surface area contributed by atoms with Crippen molar-refractivity contribution in [3.63, 3.8) is 0 Å². The second kappa shape index (κ2) is 3.77. The molecule has 0 aliphatic heterocycles. The van der Waals surface area contributed by atoms with E-state index in [2.05, 4.69) is 0 Å². The fourth-order valence-electron chi connectivity index (χ4n) is 1.30. The Kier molecular flexibility index (Phi) is 2.91. The Morgan fingerprint density at radius 3 is 2.38 bits per heavy atom. The first kappa shape index (κ1) is 10.0. The van der Waals surface area contributed by atoms with E-state index < -0.39 is 0 Å². The summed E-state index contributed by atoms with van der Waals surface area (Å²) in [6.45, 7) is 5.69. The van der Waals surface area contributed by atoms with E-state index in [1.165, 1.54) is 0 Å². The third kappa shape index (κ3) is 2.00. The van der Waals surface area contributed by atoms with Gasteiger partial charge in [-0.05, 0) is 36.1 Å². The molecule has 0 saturated heterocycles. The van der Waals surface area contributed by atoms with Crippen LogP contribution in [-0.4, -0.2) is 7.11 Å². The molecule has 0 atom stereocenters. The standard InChI is InChI=1S/C11H15FO/c1-7(2)10-6-9(13-4)5-8(3)11(10)12/h5-7H,1-4H3. The summed E-state index contributed by atoms with van der Waals surface area (Å²) in [6, 6.07) is 3.47. The summed E-state index contributed by atoms with van der Waals surface area (Å²) < 4.78 is 18.6. The van der Waals surface area contributed by atoms with Crippen LogP contribution in [0.2, 0.25) is 0 Å². The lowest BCUT2D eigenvalue weighted by atomic mass is 10.00. The van der Waals surface area contributed by atoms with Crippen molar-refractivity contribution >= 4 is 0 Å². The van der Waals surface area contributed by atoms with Crippen molar-refractivity contribution < 1.29 is 9.13 Å². The third-order valence-electron chi connectivity index (χ3n) is 2.11. The van der Waals surface area contributed by atoms with Gasteiger partial charge in [-0.25, -0.2) is 4.39 Å². The molecule has 0 saturated carbocycles. The zero-order valence-corrected chi connectivity index (χ0v) is 8.52. The minimum Gasteiger partial charge on any atom is -0.497 e. The van der Waals surface area contributed by atoms with Crippen LogP contribution in [0.15, 0.2) is 12.1 Å². The lowest BCUT2D eigenvalue weighted by molar-refractivity contribution is 0.411. The number of methoxy groups -OCH3 is 1. The van der Waals surface area contributed by atoms with Gasteiger partial charge in [0.25, 0.3) is 0 Å². The first-order chi connectivity index (χ1) is 6.06. The average Bonchev–Trinajstić information content (AvgIpc) is 2.09. The molecule has 0 aromatic heterocycles. The van der Waals surface area contributed by atoms with E-state index in [4.69, 9.17) is 4.74 Å².